The molecular formula is C17H15N5O3S. The Morgan fingerprint density at radius 1 is 1.15 bits per heavy atom. The molecule has 0 unspecified atom stereocenters. The van der Waals surface area contributed by atoms with Crippen molar-refractivity contribution < 1.29 is 13.6 Å². The second kappa shape index (κ2) is 7.44. The van der Waals surface area contributed by atoms with E-state index in [1.54, 1.807) is 24.3 Å². The van der Waals surface area contributed by atoms with Gasteiger partial charge >= 0.3 is 0 Å². The van der Waals surface area contributed by atoms with Gasteiger partial charge in [-0.3, -0.25) is 0 Å². The van der Waals surface area contributed by atoms with Crippen LogP contribution in [0, 0.1) is 0 Å². The Morgan fingerprint density at radius 2 is 2.04 bits per heavy atom. The Morgan fingerprint density at radius 3 is 2.81 bits per heavy atom. The molecule has 132 valence electrons. The maximum atomic E-state index is 5.57. The van der Waals surface area contributed by atoms with Gasteiger partial charge in [0.05, 0.1) is 19.1 Å². The molecule has 26 heavy (non-hydrogen) atoms. The maximum Gasteiger partial charge on any atom is 0.226 e. The van der Waals surface area contributed by atoms with Crippen LogP contribution in [0.5, 0.6) is 5.75 Å². The van der Waals surface area contributed by atoms with Crippen molar-refractivity contribution in [1.82, 2.24) is 25.2 Å². The topological polar surface area (TPSA) is 92.0 Å². The first-order valence-electron chi connectivity index (χ1n) is 7.82. The van der Waals surface area contributed by atoms with Crippen LogP contribution in [0.4, 0.5) is 0 Å². The molecule has 0 spiro atoms. The predicted octanol–water partition coefficient (Wildman–Crippen LogP) is 3.27. The lowest BCUT2D eigenvalue weighted by Gasteiger charge is -2.01. The highest BCUT2D eigenvalue weighted by Gasteiger charge is 2.12. The van der Waals surface area contributed by atoms with Crippen LogP contribution in [-0.2, 0) is 12.3 Å². The number of furan rings is 1. The van der Waals surface area contributed by atoms with E-state index in [1.165, 1.54) is 11.8 Å². The number of oxazole rings is 1. The fourth-order valence-electron chi connectivity index (χ4n) is 2.33. The second-order valence-electron chi connectivity index (χ2n) is 5.36. The molecule has 0 atom stereocenters. The number of nitrogens with zero attached hydrogens (tertiary/aromatic N) is 5. The van der Waals surface area contributed by atoms with Gasteiger partial charge in [-0.15, -0.1) is 5.10 Å². The van der Waals surface area contributed by atoms with Gasteiger partial charge in [-0.05, 0) is 46.8 Å². The number of benzene rings is 1. The van der Waals surface area contributed by atoms with E-state index >= 15 is 0 Å². The first-order chi connectivity index (χ1) is 12.8. The summed E-state index contributed by atoms with van der Waals surface area (Å²) in [5.41, 5.74) is 1.71. The molecule has 3 heterocycles. The zero-order chi connectivity index (χ0) is 17.8. The van der Waals surface area contributed by atoms with Crippen LogP contribution >= 0.6 is 11.8 Å². The van der Waals surface area contributed by atoms with Gasteiger partial charge in [0.1, 0.15) is 24.3 Å². The quantitative estimate of drug-likeness (QED) is 0.458. The molecule has 0 bridgehead atoms. The summed E-state index contributed by atoms with van der Waals surface area (Å²) in [6.45, 7) is 0.484. The van der Waals surface area contributed by atoms with Crippen molar-refractivity contribution >= 4 is 11.8 Å². The lowest BCUT2D eigenvalue weighted by Crippen LogP contribution is -2.03. The zero-order valence-electron chi connectivity index (χ0n) is 13.9. The van der Waals surface area contributed by atoms with E-state index in [0.717, 1.165) is 22.8 Å². The van der Waals surface area contributed by atoms with Crippen LogP contribution in [0.15, 0.2) is 62.9 Å². The molecule has 1 aromatic carbocycles. The lowest BCUT2D eigenvalue weighted by atomic mass is 10.2. The first kappa shape index (κ1) is 16.4. The predicted molar refractivity (Wildman–Crippen MR) is 93.7 cm³/mol. The molecule has 0 aliphatic heterocycles. The van der Waals surface area contributed by atoms with Crippen LogP contribution in [0.1, 0.15) is 11.5 Å². The number of aromatic nitrogens is 5. The highest BCUT2D eigenvalue weighted by molar-refractivity contribution is 7.98. The maximum absolute atomic E-state index is 5.57. The van der Waals surface area contributed by atoms with E-state index in [1.807, 2.05) is 36.4 Å². The molecule has 0 aliphatic carbocycles. The normalized spacial score (nSPS) is 11.0. The smallest absolute Gasteiger partial charge is 0.226 e. The average Bonchev–Trinajstić information content (AvgIpc) is 3.43. The fraction of sp³-hybridized carbons (Fsp3) is 0.176. The zero-order valence-corrected chi connectivity index (χ0v) is 14.7. The molecule has 0 saturated heterocycles. The summed E-state index contributed by atoms with van der Waals surface area (Å²) < 4.78 is 17.7. The van der Waals surface area contributed by atoms with Gasteiger partial charge in [0.15, 0.2) is 0 Å². The Hall–Kier alpha value is -3.07. The number of methoxy groups -OCH3 is 1. The third-order valence-electron chi connectivity index (χ3n) is 3.62. The first-order valence-corrected chi connectivity index (χ1v) is 8.80. The SMILES string of the molecule is COc1ccc(-c2nc(CSc3nnnn3Cc3ccco3)co2)cc1. The van der Waals surface area contributed by atoms with E-state index in [2.05, 4.69) is 20.5 Å². The minimum atomic E-state index is 0.484. The van der Waals surface area contributed by atoms with E-state index in [-0.39, 0.29) is 0 Å². The highest BCUT2D eigenvalue weighted by atomic mass is 32.2. The minimum absolute atomic E-state index is 0.484. The van der Waals surface area contributed by atoms with Gasteiger partial charge in [-0.1, -0.05) is 11.8 Å². The van der Waals surface area contributed by atoms with Crippen LogP contribution in [0.25, 0.3) is 11.5 Å². The average molecular weight is 369 g/mol. The summed E-state index contributed by atoms with van der Waals surface area (Å²) in [7, 11) is 1.63. The standard InChI is InChI=1S/C17H15N5O3S/c1-23-14-6-4-12(5-7-14)16-18-13(10-25-16)11-26-17-19-20-21-22(17)9-15-3-2-8-24-15/h2-8,10H,9,11H2,1H3. The van der Waals surface area contributed by atoms with Crippen molar-refractivity contribution in [1.29, 1.82) is 0 Å². The van der Waals surface area contributed by atoms with Crippen LogP contribution < -0.4 is 4.74 Å². The summed E-state index contributed by atoms with van der Waals surface area (Å²) >= 11 is 1.49. The largest absolute Gasteiger partial charge is 0.497 e. The van der Waals surface area contributed by atoms with E-state index in [0.29, 0.717) is 23.3 Å². The molecule has 9 heteroatoms. The molecule has 8 nitrogen and oxygen atoms in total. The van der Waals surface area contributed by atoms with Crippen molar-refractivity contribution in [3.05, 3.63) is 60.4 Å². The summed E-state index contributed by atoms with van der Waals surface area (Å²) in [5.74, 6) is 2.75. The Kier molecular flexibility index (Phi) is 4.69. The van der Waals surface area contributed by atoms with Gasteiger partial charge in [-0.25, -0.2) is 9.67 Å². The van der Waals surface area contributed by atoms with E-state index < -0.39 is 0 Å². The molecule has 0 amide bonds. The lowest BCUT2D eigenvalue weighted by molar-refractivity contribution is 0.415. The summed E-state index contributed by atoms with van der Waals surface area (Å²) in [4.78, 5) is 4.52. The van der Waals surface area contributed by atoms with Crippen molar-refractivity contribution in [2.45, 2.75) is 17.5 Å². The van der Waals surface area contributed by atoms with Gasteiger partial charge in [0.25, 0.3) is 0 Å². The van der Waals surface area contributed by atoms with Gasteiger partial charge in [0.2, 0.25) is 11.0 Å². The van der Waals surface area contributed by atoms with Gasteiger partial charge in [0, 0.05) is 11.3 Å². The summed E-state index contributed by atoms with van der Waals surface area (Å²) in [6, 6.07) is 11.3. The number of hydrogen-bond acceptors (Lipinski definition) is 8. The van der Waals surface area contributed by atoms with Crippen LogP contribution in [-0.4, -0.2) is 32.3 Å². The molecule has 4 aromatic rings. The monoisotopic (exact) mass is 369 g/mol. The van der Waals surface area contributed by atoms with Crippen molar-refractivity contribution in [3.63, 3.8) is 0 Å². The molecule has 0 saturated carbocycles. The number of thioether (sulfide) groups is 1. The summed E-state index contributed by atoms with van der Waals surface area (Å²) in [6.07, 6.45) is 3.27. The van der Waals surface area contributed by atoms with Gasteiger partial charge in [-0.2, -0.15) is 0 Å². The molecule has 0 N–H and O–H groups in total. The molecule has 0 aliphatic rings. The molecule has 4 rings (SSSR count). The molecule has 0 radical (unpaired) electrons. The number of rotatable bonds is 7. The second-order valence-corrected chi connectivity index (χ2v) is 6.30. The summed E-state index contributed by atoms with van der Waals surface area (Å²) in [5, 5.41) is 12.5. The molecule has 0 fully saturated rings. The van der Waals surface area contributed by atoms with Gasteiger partial charge < -0.3 is 13.6 Å². The molecule has 3 aromatic heterocycles. The molecular weight excluding hydrogens is 354 g/mol. The van der Waals surface area contributed by atoms with E-state index in [4.69, 9.17) is 13.6 Å². The minimum Gasteiger partial charge on any atom is -0.497 e. The van der Waals surface area contributed by atoms with Crippen LogP contribution in [0.3, 0.4) is 0 Å². The van der Waals surface area contributed by atoms with Crippen molar-refractivity contribution in [2.24, 2.45) is 0 Å². The van der Waals surface area contributed by atoms with Crippen LogP contribution in [0.2, 0.25) is 0 Å². The van der Waals surface area contributed by atoms with Crippen molar-refractivity contribution in [2.75, 3.05) is 7.11 Å². The third-order valence-corrected chi connectivity index (χ3v) is 4.61. The third kappa shape index (κ3) is 3.62. The van der Waals surface area contributed by atoms with Crippen molar-refractivity contribution in [3.8, 4) is 17.2 Å². The number of hydrogen-bond donors (Lipinski definition) is 0. The fourth-order valence-corrected chi connectivity index (χ4v) is 3.08. The Balaban J connectivity index is 1.41. The van der Waals surface area contributed by atoms with E-state index in [9.17, 15) is 0 Å². The number of ether oxygens (including phenoxy) is 1. The Bertz CT molecular complexity index is 963. The highest BCUT2D eigenvalue weighted by Crippen LogP contribution is 2.25. The Labute approximate surface area is 153 Å². The number of tetrazole rings is 1.